The second-order valence-electron chi connectivity index (χ2n) is 3.58. The number of ether oxygens (including phenoxy) is 1. The highest BCUT2D eigenvalue weighted by molar-refractivity contribution is 7.89. The molecule has 0 aromatic carbocycles. The zero-order valence-electron chi connectivity index (χ0n) is 9.76. The zero-order valence-corrected chi connectivity index (χ0v) is 12.9. The molecule has 0 saturated heterocycles. The largest absolute Gasteiger partial charge is 0.389 e. The smallest absolute Gasteiger partial charge is 0.245 e. The summed E-state index contributed by atoms with van der Waals surface area (Å²) in [6, 6.07) is 1.29. The maximum atomic E-state index is 12.1. The molecule has 5 nitrogen and oxygen atoms in total. The molecule has 18 heavy (non-hydrogen) atoms. The molecule has 0 bridgehead atoms. The maximum Gasteiger partial charge on any atom is 0.245 e. The van der Waals surface area contributed by atoms with Gasteiger partial charge in [-0.1, -0.05) is 23.2 Å². The fourth-order valence-corrected chi connectivity index (χ4v) is 4.63. The minimum absolute atomic E-state index is 0.0497. The molecule has 1 N–H and O–H groups in total. The fourth-order valence-electron chi connectivity index (χ4n) is 1.31. The van der Waals surface area contributed by atoms with Crippen molar-refractivity contribution in [2.45, 2.75) is 11.0 Å². The topological polar surface area (TPSA) is 66.8 Å². The molecule has 0 aliphatic rings. The molecule has 9 heteroatoms. The summed E-state index contributed by atoms with van der Waals surface area (Å²) in [6.07, 6.45) is -0.900. The lowest BCUT2D eigenvalue weighted by atomic mass is 10.4. The molecule has 1 unspecified atom stereocenters. The lowest BCUT2D eigenvalue weighted by molar-refractivity contribution is 0.0554. The number of rotatable bonds is 6. The Bertz CT molecular complexity index is 503. The molecule has 0 radical (unpaired) electrons. The van der Waals surface area contributed by atoms with Crippen LogP contribution in [0.4, 0.5) is 0 Å². The van der Waals surface area contributed by atoms with Crippen molar-refractivity contribution < 1.29 is 18.3 Å². The highest BCUT2D eigenvalue weighted by Gasteiger charge is 2.27. The molecule has 0 aliphatic carbocycles. The molecule has 0 fully saturated rings. The van der Waals surface area contributed by atoms with Gasteiger partial charge < -0.3 is 9.84 Å². The third-order valence-electron chi connectivity index (χ3n) is 2.14. The summed E-state index contributed by atoms with van der Waals surface area (Å²) in [4.78, 5) is -0.0497. The molecule has 0 amide bonds. The van der Waals surface area contributed by atoms with Gasteiger partial charge in [0.1, 0.15) is 9.23 Å². The summed E-state index contributed by atoms with van der Waals surface area (Å²) >= 11 is 12.5. The van der Waals surface area contributed by atoms with Crippen molar-refractivity contribution in [1.29, 1.82) is 0 Å². The second-order valence-corrected chi connectivity index (χ2v) is 7.88. The number of aliphatic hydroxyl groups is 1. The molecule has 0 aliphatic heterocycles. The molecule has 0 spiro atoms. The highest BCUT2D eigenvalue weighted by atomic mass is 35.5. The first-order chi connectivity index (χ1) is 8.28. The molecule has 104 valence electrons. The van der Waals surface area contributed by atoms with Gasteiger partial charge in [0.15, 0.2) is 0 Å². The first-order valence-electron chi connectivity index (χ1n) is 4.87. The minimum Gasteiger partial charge on any atom is -0.389 e. The average Bonchev–Trinajstić information content (AvgIpc) is 2.58. The van der Waals surface area contributed by atoms with E-state index in [4.69, 9.17) is 27.9 Å². The van der Waals surface area contributed by atoms with E-state index in [1.165, 1.54) is 20.2 Å². The number of sulfonamides is 1. The Hall–Kier alpha value is 0.110. The summed E-state index contributed by atoms with van der Waals surface area (Å²) in [7, 11) is -0.969. The van der Waals surface area contributed by atoms with Gasteiger partial charge in [0.05, 0.1) is 17.0 Å². The van der Waals surface area contributed by atoms with Crippen LogP contribution in [0.5, 0.6) is 0 Å². The Labute approximate surface area is 120 Å². The summed E-state index contributed by atoms with van der Waals surface area (Å²) in [5.74, 6) is 0. The first-order valence-corrected chi connectivity index (χ1v) is 7.88. The summed E-state index contributed by atoms with van der Waals surface area (Å²) in [5.41, 5.74) is 0. The second kappa shape index (κ2) is 6.51. The number of nitrogens with zero attached hydrogens (tertiary/aromatic N) is 1. The molecule has 0 saturated carbocycles. The molecule has 1 atom stereocenters. The number of likely N-dealkylation sites (N-methyl/N-ethyl adjacent to an activating group) is 1. The van der Waals surface area contributed by atoms with Gasteiger partial charge in [0.2, 0.25) is 10.0 Å². The Morgan fingerprint density at radius 1 is 1.56 bits per heavy atom. The number of aliphatic hydroxyl groups excluding tert-OH is 1. The van der Waals surface area contributed by atoms with Crippen LogP contribution in [0.15, 0.2) is 11.0 Å². The Morgan fingerprint density at radius 2 is 2.17 bits per heavy atom. The van der Waals surface area contributed by atoms with E-state index in [2.05, 4.69) is 0 Å². The van der Waals surface area contributed by atoms with E-state index in [9.17, 15) is 13.5 Å². The Balaban J connectivity index is 2.90. The van der Waals surface area contributed by atoms with Crippen LogP contribution in [0.3, 0.4) is 0 Å². The van der Waals surface area contributed by atoms with Gasteiger partial charge in [0, 0.05) is 20.7 Å². The number of halogens is 2. The van der Waals surface area contributed by atoms with Crippen molar-refractivity contribution in [1.82, 2.24) is 4.31 Å². The molecular weight excluding hydrogens is 321 g/mol. The predicted molar refractivity (Wildman–Crippen MR) is 72.0 cm³/mol. The minimum atomic E-state index is -3.75. The van der Waals surface area contributed by atoms with Crippen LogP contribution < -0.4 is 0 Å². The zero-order chi connectivity index (χ0) is 13.9. The van der Waals surface area contributed by atoms with Gasteiger partial charge in [-0.2, -0.15) is 4.31 Å². The van der Waals surface area contributed by atoms with E-state index in [0.717, 1.165) is 15.6 Å². The van der Waals surface area contributed by atoms with Gasteiger partial charge in [-0.25, -0.2) is 8.42 Å². The van der Waals surface area contributed by atoms with Crippen LogP contribution in [0, 0.1) is 0 Å². The van der Waals surface area contributed by atoms with Gasteiger partial charge in [-0.3, -0.25) is 0 Å². The van der Waals surface area contributed by atoms with E-state index >= 15 is 0 Å². The van der Waals surface area contributed by atoms with Crippen molar-refractivity contribution in [2.75, 3.05) is 27.3 Å². The third-order valence-corrected chi connectivity index (χ3v) is 5.72. The molecule has 1 heterocycles. The Morgan fingerprint density at radius 3 is 2.61 bits per heavy atom. The van der Waals surface area contributed by atoms with Crippen molar-refractivity contribution in [3.8, 4) is 0 Å². The van der Waals surface area contributed by atoms with Crippen LogP contribution in [0.2, 0.25) is 8.67 Å². The average molecular weight is 334 g/mol. The fraction of sp³-hybridized carbons (Fsp3) is 0.556. The number of methoxy groups -OCH3 is 1. The van der Waals surface area contributed by atoms with Crippen LogP contribution in [-0.2, 0) is 14.8 Å². The Kier molecular flexibility index (Phi) is 5.85. The van der Waals surface area contributed by atoms with Crippen LogP contribution in [-0.4, -0.2) is 51.2 Å². The number of hydrogen-bond donors (Lipinski definition) is 1. The standard InChI is InChI=1S/C9H13Cl2NO4S2/c1-12(4-6(13)5-16-2)18(14,15)7-3-8(10)17-9(7)11/h3,6,13H,4-5H2,1-2H3. The van der Waals surface area contributed by atoms with Crippen molar-refractivity contribution in [3.63, 3.8) is 0 Å². The summed E-state index contributed by atoms with van der Waals surface area (Å²) in [6.45, 7) is -0.0298. The number of thiophene rings is 1. The van der Waals surface area contributed by atoms with Crippen molar-refractivity contribution >= 4 is 44.6 Å². The first kappa shape index (κ1) is 16.2. The normalized spacial score (nSPS) is 14.1. The van der Waals surface area contributed by atoms with Crippen molar-refractivity contribution in [2.24, 2.45) is 0 Å². The van der Waals surface area contributed by atoms with E-state index in [1.54, 1.807) is 0 Å². The van der Waals surface area contributed by atoms with E-state index in [1.807, 2.05) is 0 Å². The van der Waals surface area contributed by atoms with E-state index in [-0.39, 0.29) is 22.4 Å². The summed E-state index contributed by atoms with van der Waals surface area (Å²) < 4.78 is 30.4. The summed E-state index contributed by atoms with van der Waals surface area (Å²) in [5, 5.41) is 9.52. The molecule has 1 rings (SSSR count). The lowest BCUT2D eigenvalue weighted by Crippen LogP contribution is -2.36. The SMILES string of the molecule is COCC(O)CN(C)S(=O)(=O)c1cc(Cl)sc1Cl. The van der Waals surface area contributed by atoms with Gasteiger partial charge in [-0.15, -0.1) is 11.3 Å². The number of hydrogen-bond acceptors (Lipinski definition) is 5. The monoisotopic (exact) mass is 333 g/mol. The van der Waals surface area contributed by atoms with Crippen LogP contribution >= 0.6 is 34.5 Å². The molecule has 1 aromatic heterocycles. The highest BCUT2D eigenvalue weighted by Crippen LogP contribution is 2.35. The van der Waals surface area contributed by atoms with Gasteiger partial charge in [-0.05, 0) is 6.07 Å². The molecular formula is C9H13Cl2NO4S2. The van der Waals surface area contributed by atoms with E-state index in [0.29, 0.717) is 4.34 Å². The quantitative estimate of drug-likeness (QED) is 0.860. The van der Waals surface area contributed by atoms with E-state index < -0.39 is 16.1 Å². The van der Waals surface area contributed by atoms with Gasteiger partial charge >= 0.3 is 0 Å². The van der Waals surface area contributed by atoms with Gasteiger partial charge in [0.25, 0.3) is 0 Å². The third kappa shape index (κ3) is 3.80. The van der Waals surface area contributed by atoms with Crippen LogP contribution in [0.25, 0.3) is 0 Å². The molecule has 1 aromatic rings. The maximum absolute atomic E-state index is 12.1. The van der Waals surface area contributed by atoms with Crippen molar-refractivity contribution in [3.05, 3.63) is 14.7 Å². The van der Waals surface area contributed by atoms with Crippen LogP contribution in [0.1, 0.15) is 0 Å². The predicted octanol–water partition coefficient (Wildman–Crippen LogP) is 1.68. The lowest BCUT2D eigenvalue weighted by Gasteiger charge is -2.19.